The van der Waals surface area contributed by atoms with Gasteiger partial charge in [-0.05, 0) is 28.1 Å². The van der Waals surface area contributed by atoms with Gasteiger partial charge in [-0.3, -0.25) is 0 Å². The van der Waals surface area contributed by atoms with Gasteiger partial charge in [0.15, 0.2) is 0 Å². The van der Waals surface area contributed by atoms with E-state index >= 15 is 0 Å². The predicted octanol–water partition coefficient (Wildman–Crippen LogP) is 2.42. The molecule has 1 heterocycles. The summed E-state index contributed by atoms with van der Waals surface area (Å²) in [6.07, 6.45) is 0. The molecule has 88 valence electrons. The van der Waals surface area contributed by atoms with Crippen molar-refractivity contribution in [3.63, 3.8) is 0 Å². The number of ether oxygens (including phenoxy) is 1. The molecule has 0 atom stereocenters. The molecule has 0 fully saturated rings. The zero-order valence-corrected chi connectivity index (χ0v) is 10.2. The first-order chi connectivity index (χ1) is 8.13. The Morgan fingerprint density at radius 3 is 2.94 bits per heavy atom. The predicted molar refractivity (Wildman–Crippen MR) is 58.7 cm³/mol. The van der Waals surface area contributed by atoms with E-state index in [2.05, 4.69) is 30.9 Å². The molecule has 0 radical (unpaired) electrons. The monoisotopic (exact) mass is 300 g/mol. The Morgan fingerprint density at radius 2 is 2.24 bits per heavy atom. The summed E-state index contributed by atoms with van der Waals surface area (Å²) in [6, 6.07) is 4.37. The van der Waals surface area contributed by atoms with Gasteiger partial charge in [-0.1, -0.05) is 6.07 Å². The van der Waals surface area contributed by atoms with Crippen LogP contribution in [0.1, 0.15) is 10.7 Å². The van der Waals surface area contributed by atoms with Gasteiger partial charge in [0.05, 0.1) is 17.1 Å². The van der Waals surface area contributed by atoms with Crippen LogP contribution in [0.2, 0.25) is 0 Å². The van der Waals surface area contributed by atoms with Gasteiger partial charge in [0.25, 0.3) is 0 Å². The highest BCUT2D eigenvalue weighted by atomic mass is 79.9. The summed E-state index contributed by atoms with van der Waals surface area (Å²) in [4.78, 5) is 11.1. The Balaban J connectivity index is 2.44. The third-order valence-electron chi connectivity index (χ3n) is 1.97. The van der Waals surface area contributed by atoms with Gasteiger partial charge < -0.3 is 9.15 Å². The number of halogens is 2. The Kier molecular flexibility index (Phi) is 3.19. The van der Waals surface area contributed by atoms with Gasteiger partial charge in [-0.25, -0.2) is 9.18 Å². The van der Waals surface area contributed by atoms with Gasteiger partial charge in [0.2, 0.25) is 5.89 Å². The smallest absolute Gasteiger partial charge is 0.396 e. The van der Waals surface area contributed by atoms with E-state index in [1.165, 1.54) is 19.2 Å². The Hall–Kier alpha value is -1.76. The lowest BCUT2D eigenvalue weighted by atomic mass is 10.2. The van der Waals surface area contributed by atoms with Crippen molar-refractivity contribution in [2.24, 2.45) is 0 Å². The van der Waals surface area contributed by atoms with Crippen LogP contribution < -0.4 is 0 Å². The zero-order valence-electron chi connectivity index (χ0n) is 8.61. The van der Waals surface area contributed by atoms with Gasteiger partial charge >= 0.3 is 11.9 Å². The lowest BCUT2D eigenvalue weighted by Crippen LogP contribution is -2.00. The maximum atomic E-state index is 13.3. The fraction of sp³-hybridized carbons (Fsp3) is 0.100. The minimum Gasteiger partial charge on any atom is -0.462 e. The van der Waals surface area contributed by atoms with Crippen LogP contribution in [0.3, 0.4) is 0 Å². The molecule has 1 aromatic carbocycles. The molecule has 0 amide bonds. The molecule has 2 rings (SSSR count). The molecule has 2 aromatic rings. The highest BCUT2D eigenvalue weighted by Crippen LogP contribution is 2.29. The van der Waals surface area contributed by atoms with E-state index in [-0.39, 0.29) is 16.3 Å². The molecule has 0 aliphatic carbocycles. The van der Waals surface area contributed by atoms with Crippen LogP contribution in [0.5, 0.6) is 0 Å². The van der Waals surface area contributed by atoms with Gasteiger partial charge in [0.1, 0.15) is 5.82 Å². The van der Waals surface area contributed by atoms with E-state index in [4.69, 9.17) is 4.42 Å². The average molecular weight is 301 g/mol. The van der Waals surface area contributed by atoms with Crippen LogP contribution in [-0.2, 0) is 4.74 Å². The molecule has 0 spiro atoms. The maximum absolute atomic E-state index is 13.3. The minimum absolute atomic E-state index is 0.0387. The van der Waals surface area contributed by atoms with Crippen molar-refractivity contribution in [2.75, 3.05) is 7.11 Å². The van der Waals surface area contributed by atoms with Crippen molar-refractivity contribution in [2.45, 2.75) is 0 Å². The average Bonchev–Trinajstić information content (AvgIpc) is 2.81. The van der Waals surface area contributed by atoms with Crippen molar-refractivity contribution >= 4 is 21.9 Å². The van der Waals surface area contributed by atoms with Crippen LogP contribution in [-0.4, -0.2) is 23.3 Å². The van der Waals surface area contributed by atoms with E-state index in [0.29, 0.717) is 5.56 Å². The largest absolute Gasteiger partial charge is 0.462 e. The first-order valence-electron chi connectivity index (χ1n) is 4.49. The Bertz CT molecular complexity index is 570. The molecule has 5 nitrogen and oxygen atoms in total. The Labute approximate surface area is 104 Å². The molecule has 0 saturated carbocycles. The Morgan fingerprint density at radius 1 is 1.47 bits per heavy atom. The molecule has 0 N–H and O–H groups in total. The van der Waals surface area contributed by atoms with Crippen LogP contribution in [0.25, 0.3) is 11.5 Å². The van der Waals surface area contributed by atoms with Gasteiger partial charge in [-0.2, -0.15) is 0 Å². The minimum atomic E-state index is -0.740. The van der Waals surface area contributed by atoms with E-state index in [0.717, 1.165) is 0 Å². The molecule has 0 unspecified atom stereocenters. The summed E-state index contributed by atoms with van der Waals surface area (Å²) in [6.45, 7) is 0. The summed E-state index contributed by atoms with van der Waals surface area (Å²) in [5.74, 6) is -1.44. The SMILES string of the molecule is COC(=O)c1nnc(-c2cccc(F)c2Br)o1. The number of aromatic nitrogens is 2. The number of carbonyl (C=O) groups excluding carboxylic acids is 1. The first kappa shape index (κ1) is 11.7. The highest BCUT2D eigenvalue weighted by molar-refractivity contribution is 9.10. The maximum Gasteiger partial charge on any atom is 0.396 e. The number of hydrogen-bond acceptors (Lipinski definition) is 5. The molecule has 17 heavy (non-hydrogen) atoms. The topological polar surface area (TPSA) is 65.2 Å². The summed E-state index contributed by atoms with van der Waals surface area (Å²) in [5, 5.41) is 7.14. The molecule has 1 aromatic heterocycles. The van der Waals surface area contributed by atoms with E-state index in [9.17, 15) is 9.18 Å². The van der Waals surface area contributed by atoms with Crippen molar-refractivity contribution in [1.82, 2.24) is 10.2 Å². The third kappa shape index (κ3) is 2.19. The lowest BCUT2D eigenvalue weighted by Gasteiger charge is -1.99. The number of methoxy groups -OCH3 is 1. The molecular formula is C10H6BrFN2O3. The molecule has 0 aliphatic heterocycles. The molecule has 0 saturated heterocycles. The van der Waals surface area contributed by atoms with E-state index in [1.54, 1.807) is 6.07 Å². The fourth-order valence-electron chi connectivity index (χ4n) is 1.17. The van der Waals surface area contributed by atoms with Crippen molar-refractivity contribution < 1.29 is 18.3 Å². The zero-order chi connectivity index (χ0) is 12.4. The molecule has 0 aliphatic rings. The lowest BCUT2D eigenvalue weighted by molar-refractivity contribution is 0.0556. The molecular weight excluding hydrogens is 295 g/mol. The number of esters is 1. The molecule has 7 heteroatoms. The third-order valence-corrected chi connectivity index (χ3v) is 2.77. The summed E-state index contributed by atoms with van der Waals surface area (Å²) in [5.41, 5.74) is 0.368. The number of nitrogens with zero attached hydrogens (tertiary/aromatic N) is 2. The van der Waals surface area contributed by atoms with E-state index < -0.39 is 11.8 Å². The second kappa shape index (κ2) is 4.62. The summed E-state index contributed by atoms with van der Waals surface area (Å²) in [7, 11) is 1.20. The van der Waals surface area contributed by atoms with Crippen LogP contribution >= 0.6 is 15.9 Å². The van der Waals surface area contributed by atoms with Gasteiger partial charge in [0, 0.05) is 0 Å². The highest BCUT2D eigenvalue weighted by Gasteiger charge is 2.18. The second-order valence-corrected chi connectivity index (χ2v) is 3.80. The number of benzene rings is 1. The molecule has 0 bridgehead atoms. The van der Waals surface area contributed by atoms with Crippen molar-refractivity contribution in [1.29, 1.82) is 0 Å². The van der Waals surface area contributed by atoms with Gasteiger partial charge in [-0.15, -0.1) is 10.2 Å². The number of hydrogen-bond donors (Lipinski definition) is 0. The number of carbonyl (C=O) groups is 1. The fourth-order valence-corrected chi connectivity index (χ4v) is 1.60. The number of rotatable bonds is 2. The standard InChI is InChI=1S/C10H6BrFN2O3/c1-16-10(15)9-14-13-8(17-9)5-3-2-4-6(12)7(5)11/h2-4H,1H3. The summed E-state index contributed by atoms with van der Waals surface area (Å²) < 4.78 is 22.9. The summed E-state index contributed by atoms with van der Waals surface area (Å²) >= 11 is 3.06. The van der Waals surface area contributed by atoms with E-state index in [1.807, 2.05) is 0 Å². The van der Waals surface area contributed by atoms with Crippen LogP contribution in [0.4, 0.5) is 4.39 Å². The van der Waals surface area contributed by atoms with Crippen LogP contribution in [0.15, 0.2) is 27.1 Å². The second-order valence-electron chi connectivity index (χ2n) is 3.01. The normalized spacial score (nSPS) is 10.3. The van der Waals surface area contributed by atoms with Crippen LogP contribution in [0, 0.1) is 5.82 Å². The van der Waals surface area contributed by atoms with Crippen molar-refractivity contribution in [3.8, 4) is 11.5 Å². The van der Waals surface area contributed by atoms with Crippen molar-refractivity contribution in [3.05, 3.63) is 34.4 Å². The first-order valence-corrected chi connectivity index (χ1v) is 5.29. The quantitative estimate of drug-likeness (QED) is 0.797.